The molecular formula is C13H20N2O5. The van der Waals surface area contributed by atoms with E-state index in [9.17, 15) is 14.9 Å². The Morgan fingerprint density at radius 2 is 1.95 bits per heavy atom. The Hall–Kier alpha value is -1.21. The maximum atomic E-state index is 11.7. The summed E-state index contributed by atoms with van der Waals surface area (Å²) in [5.74, 6) is -0.528. The van der Waals surface area contributed by atoms with Crippen LogP contribution in [0.3, 0.4) is 0 Å². The van der Waals surface area contributed by atoms with E-state index in [0.717, 1.165) is 25.7 Å². The van der Waals surface area contributed by atoms with Crippen LogP contribution in [0.1, 0.15) is 32.1 Å². The van der Waals surface area contributed by atoms with Gasteiger partial charge in [-0.1, -0.05) is 0 Å². The first-order chi connectivity index (χ1) is 9.60. The largest absolute Gasteiger partial charge is 0.355 e. The first-order valence-electron chi connectivity index (χ1n) is 7.29. The summed E-state index contributed by atoms with van der Waals surface area (Å²) in [5.41, 5.74) is 0. The molecule has 1 saturated heterocycles. The van der Waals surface area contributed by atoms with Gasteiger partial charge in [-0.2, -0.15) is 0 Å². The molecule has 1 heterocycles. The summed E-state index contributed by atoms with van der Waals surface area (Å²) < 4.78 is 11.3. The van der Waals surface area contributed by atoms with Crippen molar-refractivity contribution >= 4 is 5.91 Å². The summed E-state index contributed by atoms with van der Waals surface area (Å²) in [6.45, 7) is 1.95. The summed E-state index contributed by atoms with van der Waals surface area (Å²) in [6.07, 6.45) is 4.05. The molecular weight excluding hydrogens is 264 g/mol. The molecule has 2 aliphatic carbocycles. The van der Waals surface area contributed by atoms with Crippen LogP contribution in [0, 0.1) is 22.0 Å². The fraction of sp³-hybridized carbons (Fsp3) is 0.923. The summed E-state index contributed by atoms with van der Waals surface area (Å²) in [7, 11) is 0. The minimum absolute atomic E-state index is 0.166. The predicted molar refractivity (Wildman–Crippen MR) is 68.5 cm³/mol. The SMILES string of the molecule is O=C(NCC1CCC2(CC1)OCCO2)[C@H]1C[C@H]1[N+](=O)[O-]. The van der Waals surface area contributed by atoms with E-state index in [4.69, 9.17) is 9.47 Å². The van der Waals surface area contributed by atoms with Crippen molar-refractivity contribution in [3.8, 4) is 0 Å². The Balaban J connectivity index is 1.38. The van der Waals surface area contributed by atoms with Crippen molar-refractivity contribution in [2.75, 3.05) is 19.8 Å². The Labute approximate surface area is 117 Å². The number of ether oxygens (including phenoxy) is 2. The van der Waals surface area contributed by atoms with E-state index < -0.39 is 12.0 Å². The number of hydrogen-bond acceptors (Lipinski definition) is 5. The monoisotopic (exact) mass is 284 g/mol. The zero-order valence-electron chi connectivity index (χ0n) is 11.4. The van der Waals surface area contributed by atoms with E-state index in [1.54, 1.807) is 0 Å². The smallest absolute Gasteiger partial charge is 0.230 e. The van der Waals surface area contributed by atoms with Crippen molar-refractivity contribution in [3.63, 3.8) is 0 Å². The van der Waals surface area contributed by atoms with Crippen LogP contribution >= 0.6 is 0 Å². The molecule has 1 spiro atoms. The van der Waals surface area contributed by atoms with Gasteiger partial charge in [-0.15, -0.1) is 0 Å². The molecule has 0 bridgehead atoms. The lowest BCUT2D eigenvalue weighted by Crippen LogP contribution is -2.39. The Morgan fingerprint density at radius 1 is 1.30 bits per heavy atom. The molecule has 0 aromatic rings. The zero-order chi connectivity index (χ0) is 14.2. The molecule has 7 heteroatoms. The molecule has 1 N–H and O–H groups in total. The van der Waals surface area contributed by atoms with Crippen LogP contribution in [0.4, 0.5) is 0 Å². The van der Waals surface area contributed by atoms with Crippen molar-refractivity contribution in [1.82, 2.24) is 5.32 Å². The molecule has 20 heavy (non-hydrogen) atoms. The number of nitrogens with zero attached hydrogens (tertiary/aromatic N) is 1. The first-order valence-corrected chi connectivity index (χ1v) is 7.29. The molecule has 0 aromatic carbocycles. The number of rotatable bonds is 4. The highest BCUT2D eigenvalue weighted by Crippen LogP contribution is 2.38. The molecule has 0 radical (unpaired) electrons. The minimum Gasteiger partial charge on any atom is -0.355 e. The number of carbonyl (C=O) groups is 1. The topological polar surface area (TPSA) is 90.7 Å². The maximum absolute atomic E-state index is 11.7. The van der Waals surface area contributed by atoms with Gasteiger partial charge in [0.25, 0.3) is 0 Å². The van der Waals surface area contributed by atoms with Crippen molar-refractivity contribution < 1.29 is 19.2 Å². The third-order valence-corrected chi connectivity index (χ3v) is 4.61. The van der Waals surface area contributed by atoms with Crippen molar-refractivity contribution in [1.29, 1.82) is 0 Å². The summed E-state index contributed by atoms with van der Waals surface area (Å²) in [6, 6.07) is -0.662. The highest BCUT2D eigenvalue weighted by atomic mass is 16.7. The summed E-state index contributed by atoms with van der Waals surface area (Å²) in [5, 5.41) is 13.4. The third-order valence-electron chi connectivity index (χ3n) is 4.61. The van der Waals surface area contributed by atoms with Crippen molar-refractivity contribution in [2.24, 2.45) is 11.8 Å². The second kappa shape index (κ2) is 5.29. The number of carbonyl (C=O) groups excluding carboxylic acids is 1. The molecule has 7 nitrogen and oxygen atoms in total. The van der Waals surface area contributed by atoms with Crippen LogP contribution in [0.5, 0.6) is 0 Å². The zero-order valence-corrected chi connectivity index (χ0v) is 11.4. The van der Waals surface area contributed by atoms with Gasteiger partial charge in [0, 0.05) is 30.7 Å². The lowest BCUT2D eigenvalue weighted by molar-refractivity contribution is -0.497. The average molecular weight is 284 g/mol. The quantitative estimate of drug-likeness (QED) is 0.606. The lowest BCUT2D eigenvalue weighted by atomic mass is 9.85. The van der Waals surface area contributed by atoms with Crippen LogP contribution in [0.2, 0.25) is 0 Å². The van der Waals surface area contributed by atoms with Crippen LogP contribution in [-0.2, 0) is 14.3 Å². The maximum Gasteiger partial charge on any atom is 0.230 e. The highest BCUT2D eigenvalue weighted by Gasteiger charge is 2.53. The normalized spacial score (nSPS) is 32.2. The van der Waals surface area contributed by atoms with E-state index in [1.807, 2.05) is 0 Å². The number of hydrogen-bond donors (Lipinski definition) is 1. The lowest BCUT2D eigenvalue weighted by Gasteiger charge is -2.35. The molecule has 3 fully saturated rings. The predicted octanol–water partition coefficient (Wildman–Crippen LogP) is 0.701. The minimum atomic E-state index is -0.662. The fourth-order valence-corrected chi connectivity index (χ4v) is 3.18. The van der Waals surface area contributed by atoms with Gasteiger partial charge in [-0.25, -0.2) is 0 Å². The molecule has 2 saturated carbocycles. The van der Waals surface area contributed by atoms with Gasteiger partial charge in [-0.3, -0.25) is 14.9 Å². The standard InChI is InChI=1S/C13H20N2O5/c16-12(10-7-11(10)15(17)18)14-8-9-1-3-13(4-2-9)19-5-6-20-13/h9-11H,1-8H2,(H,14,16)/t10-,11+/m0/s1. The van der Waals surface area contributed by atoms with Crippen LogP contribution < -0.4 is 5.32 Å². The van der Waals surface area contributed by atoms with Crippen molar-refractivity contribution in [2.45, 2.75) is 43.9 Å². The van der Waals surface area contributed by atoms with Gasteiger partial charge in [-0.05, 0) is 18.8 Å². The first kappa shape index (κ1) is 13.8. The third kappa shape index (κ3) is 2.78. The molecule has 1 aliphatic heterocycles. The molecule has 3 rings (SSSR count). The van der Waals surface area contributed by atoms with Crippen LogP contribution in [0.15, 0.2) is 0 Å². The van der Waals surface area contributed by atoms with Gasteiger partial charge in [0.15, 0.2) is 5.79 Å². The molecule has 1 amide bonds. The second-order valence-electron chi connectivity index (χ2n) is 5.99. The van der Waals surface area contributed by atoms with Gasteiger partial charge in [0.2, 0.25) is 11.9 Å². The second-order valence-corrected chi connectivity index (χ2v) is 5.99. The highest BCUT2D eigenvalue weighted by molar-refractivity contribution is 5.81. The van der Waals surface area contributed by atoms with E-state index >= 15 is 0 Å². The average Bonchev–Trinajstić information content (AvgIpc) is 3.14. The van der Waals surface area contributed by atoms with E-state index in [2.05, 4.69) is 5.32 Å². The summed E-state index contributed by atoms with van der Waals surface area (Å²) >= 11 is 0. The van der Waals surface area contributed by atoms with Crippen molar-refractivity contribution in [3.05, 3.63) is 10.1 Å². The van der Waals surface area contributed by atoms with Gasteiger partial charge in [0.1, 0.15) is 5.92 Å². The Kier molecular flexibility index (Phi) is 3.64. The van der Waals surface area contributed by atoms with Gasteiger partial charge >= 0.3 is 0 Å². The van der Waals surface area contributed by atoms with Gasteiger partial charge < -0.3 is 14.8 Å². The van der Waals surface area contributed by atoms with Crippen LogP contribution in [0.25, 0.3) is 0 Å². The van der Waals surface area contributed by atoms with Gasteiger partial charge in [0.05, 0.1) is 13.2 Å². The molecule has 0 aromatic heterocycles. The molecule has 0 unspecified atom stereocenters. The van der Waals surface area contributed by atoms with E-state index in [1.165, 1.54) is 0 Å². The number of nitrogens with one attached hydrogen (secondary N) is 1. The summed E-state index contributed by atoms with van der Waals surface area (Å²) in [4.78, 5) is 21.9. The number of amides is 1. The Morgan fingerprint density at radius 3 is 2.50 bits per heavy atom. The molecule has 2 atom stereocenters. The Bertz CT molecular complexity index is 398. The van der Waals surface area contributed by atoms with Crippen LogP contribution in [-0.4, -0.2) is 42.4 Å². The fourth-order valence-electron chi connectivity index (χ4n) is 3.18. The molecule has 3 aliphatic rings. The van der Waals surface area contributed by atoms with E-state index in [-0.39, 0.29) is 16.6 Å². The van der Waals surface area contributed by atoms with E-state index in [0.29, 0.717) is 32.1 Å². The number of nitro groups is 1. The molecule has 112 valence electrons.